The van der Waals surface area contributed by atoms with E-state index in [1.807, 2.05) is 54.3 Å². The third-order valence-corrected chi connectivity index (χ3v) is 5.08. The van der Waals surface area contributed by atoms with Gasteiger partial charge >= 0.3 is 0 Å². The lowest BCUT2D eigenvalue weighted by Crippen LogP contribution is -2.33. The predicted octanol–water partition coefficient (Wildman–Crippen LogP) is 4.17. The second-order valence-electron chi connectivity index (χ2n) is 7.22. The standard InChI is InChI=1S/C23H27NO4/c1-16-4-6-17(7-5-16)21(25)11-13-23(26)24(19-8-9-19)15-18-14-20(27-2)10-12-22(18)28-3/h4-7,10,12,14,19H,8-9,11,13,15H2,1-3H3. The molecule has 0 N–H and O–H groups in total. The number of methoxy groups -OCH3 is 2. The van der Waals surface area contributed by atoms with Crippen LogP contribution in [0.1, 0.15) is 47.2 Å². The fourth-order valence-electron chi connectivity index (χ4n) is 3.24. The Labute approximate surface area is 166 Å². The molecule has 0 unspecified atom stereocenters. The number of Topliss-reactive ketones (excluding diaryl/α,β-unsaturated/α-hetero) is 1. The van der Waals surface area contributed by atoms with Gasteiger partial charge in [0.15, 0.2) is 5.78 Å². The Balaban J connectivity index is 1.66. The average molecular weight is 381 g/mol. The van der Waals surface area contributed by atoms with Crippen LogP contribution in [0.3, 0.4) is 0 Å². The Hall–Kier alpha value is -2.82. The smallest absolute Gasteiger partial charge is 0.223 e. The van der Waals surface area contributed by atoms with E-state index >= 15 is 0 Å². The molecule has 1 aliphatic carbocycles. The second kappa shape index (κ2) is 8.91. The minimum absolute atomic E-state index is 0.00283. The highest BCUT2D eigenvalue weighted by atomic mass is 16.5. The number of hydrogen-bond donors (Lipinski definition) is 0. The number of carbonyl (C=O) groups excluding carboxylic acids is 2. The van der Waals surface area contributed by atoms with Gasteiger partial charge in [-0.15, -0.1) is 0 Å². The molecule has 0 aromatic heterocycles. The van der Waals surface area contributed by atoms with Crippen molar-refractivity contribution in [2.75, 3.05) is 14.2 Å². The van der Waals surface area contributed by atoms with E-state index in [-0.39, 0.29) is 30.6 Å². The lowest BCUT2D eigenvalue weighted by Gasteiger charge is -2.24. The number of hydrogen-bond acceptors (Lipinski definition) is 4. The highest BCUT2D eigenvalue weighted by molar-refractivity contribution is 5.98. The Morgan fingerprint density at radius 1 is 1.00 bits per heavy atom. The van der Waals surface area contributed by atoms with Crippen LogP contribution in [0.15, 0.2) is 42.5 Å². The highest BCUT2D eigenvalue weighted by Crippen LogP contribution is 2.32. The van der Waals surface area contributed by atoms with Crippen molar-refractivity contribution in [3.63, 3.8) is 0 Å². The Bertz CT molecular complexity index is 840. The minimum atomic E-state index is 0.00283. The predicted molar refractivity (Wildman–Crippen MR) is 108 cm³/mol. The van der Waals surface area contributed by atoms with Crippen molar-refractivity contribution in [2.24, 2.45) is 0 Å². The summed E-state index contributed by atoms with van der Waals surface area (Å²) in [7, 11) is 3.24. The molecule has 2 aromatic carbocycles. The summed E-state index contributed by atoms with van der Waals surface area (Å²) in [6.07, 6.45) is 2.45. The molecule has 3 rings (SSSR count). The minimum Gasteiger partial charge on any atom is -0.497 e. The van der Waals surface area contributed by atoms with Crippen LogP contribution in [0.25, 0.3) is 0 Å². The first-order valence-corrected chi connectivity index (χ1v) is 9.62. The van der Waals surface area contributed by atoms with Gasteiger partial charge in [-0.05, 0) is 38.0 Å². The van der Waals surface area contributed by atoms with Crippen molar-refractivity contribution < 1.29 is 19.1 Å². The first kappa shape index (κ1) is 19.9. The lowest BCUT2D eigenvalue weighted by molar-refractivity contribution is -0.132. The van der Waals surface area contributed by atoms with Gasteiger partial charge in [-0.1, -0.05) is 29.8 Å². The van der Waals surface area contributed by atoms with Gasteiger partial charge < -0.3 is 14.4 Å². The summed E-state index contributed by atoms with van der Waals surface area (Å²) in [6, 6.07) is 13.3. The molecule has 1 fully saturated rings. The Morgan fingerprint density at radius 2 is 1.71 bits per heavy atom. The van der Waals surface area contributed by atoms with Crippen LogP contribution in [0.5, 0.6) is 11.5 Å². The first-order valence-electron chi connectivity index (χ1n) is 9.62. The fraction of sp³-hybridized carbons (Fsp3) is 0.391. The molecule has 1 saturated carbocycles. The fourth-order valence-corrected chi connectivity index (χ4v) is 3.24. The van der Waals surface area contributed by atoms with Gasteiger partial charge in [-0.3, -0.25) is 9.59 Å². The Kier molecular flexibility index (Phi) is 6.34. The van der Waals surface area contributed by atoms with Crippen molar-refractivity contribution >= 4 is 11.7 Å². The summed E-state index contributed by atoms with van der Waals surface area (Å²) in [5.74, 6) is 1.47. The number of ether oxygens (including phenoxy) is 2. The van der Waals surface area contributed by atoms with Crippen molar-refractivity contribution in [2.45, 2.75) is 45.2 Å². The maximum absolute atomic E-state index is 12.9. The monoisotopic (exact) mass is 381 g/mol. The average Bonchev–Trinajstić information content (AvgIpc) is 3.55. The number of nitrogens with zero attached hydrogens (tertiary/aromatic N) is 1. The van der Waals surface area contributed by atoms with Crippen molar-refractivity contribution in [3.05, 3.63) is 59.2 Å². The van der Waals surface area contributed by atoms with Gasteiger partial charge in [0.2, 0.25) is 5.91 Å². The van der Waals surface area contributed by atoms with Gasteiger partial charge in [-0.2, -0.15) is 0 Å². The number of amides is 1. The second-order valence-corrected chi connectivity index (χ2v) is 7.22. The molecule has 0 radical (unpaired) electrons. The van der Waals surface area contributed by atoms with E-state index in [1.165, 1.54) is 0 Å². The molecule has 148 valence electrons. The van der Waals surface area contributed by atoms with Gasteiger partial charge in [0.25, 0.3) is 0 Å². The summed E-state index contributed by atoms with van der Waals surface area (Å²) in [4.78, 5) is 27.2. The summed E-state index contributed by atoms with van der Waals surface area (Å²) < 4.78 is 10.7. The van der Waals surface area contributed by atoms with Gasteiger partial charge in [0, 0.05) is 36.6 Å². The molecule has 2 aromatic rings. The van der Waals surface area contributed by atoms with E-state index in [4.69, 9.17) is 9.47 Å². The van der Waals surface area contributed by atoms with E-state index in [0.29, 0.717) is 12.1 Å². The number of carbonyl (C=O) groups is 2. The molecular weight excluding hydrogens is 354 g/mol. The zero-order valence-corrected chi connectivity index (χ0v) is 16.7. The SMILES string of the molecule is COc1ccc(OC)c(CN(C(=O)CCC(=O)c2ccc(C)cc2)C2CC2)c1. The zero-order chi connectivity index (χ0) is 20.1. The number of aryl methyl sites for hydroxylation is 1. The van der Waals surface area contributed by atoms with Gasteiger partial charge in [0.1, 0.15) is 11.5 Å². The van der Waals surface area contributed by atoms with Crippen LogP contribution in [0, 0.1) is 6.92 Å². The largest absolute Gasteiger partial charge is 0.497 e. The Morgan fingerprint density at radius 3 is 2.32 bits per heavy atom. The van der Waals surface area contributed by atoms with Crippen LogP contribution >= 0.6 is 0 Å². The molecule has 28 heavy (non-hydrogen) atoms. The van der Waals surface area contributed by atoms with Crippen LogP contribution in [0.4, 0.5) is 0 Å². The van der Waals surface area contributed by atoms with E-state index in [0.717, 1.165) is 35.5 Å². The first-order chi connectivity index (χ1) is 13.5. The van der Waals surface area contributed by atoms with Gasteiger partial charge in [-0.25, -0.2) is 0 Å². The maximum Gasteiger partial charge on any atom is 0.223 e. The van der Waals surface area contributed by atoms with Crippen molar-refractivity contribution in [1.29, 1.82) is 0 Å². The molecule has 1 amide bonds. The van der Waals surface area contributed by atoms with Crippen LogP contribution in [-0.4, -0.2) is 36.9 Å². The molecule has 0 aliphatic heterocycles. The van der Waals surface area contributed by atoms with E-state index in [1.54, 1.807) is 14.2 Å². The maximum atomic E-state index is 12.9. The third-order valence-electron chi connectivity index (χ3n) is 5.08. The van der Waals surface area contributed by atoms with Crippen molar-refractivity contribution in [1.82, 2.24) is 4.90 Å². The van der Waals surface area contributed by atoms with Crippen molar-refractivity contribution in [3.8, 4) is 11.5 Å². The molecule has 0 heterocycles. The molecular formula is C23H27NO4. The number of rotatable bonds is 9. The van der Waals surface area contributed by atoms with E-state index in [9.17, 15) is 9.59 Å². The third kappa shape index (κ3) is 4.91. The molecule has 5 heteroatoms. The van der Waals surface area contributed by atoms with Gasteiger partial charge in [0.05, 0.1) is 14.2 Å². The lowest BCUT2D eigenvalue weighted by atomic mass is 10.0. The topological polar surface area (TPSA) is 55.8 Å². The molecule has 0 saturated heterocycles. The summed E-state index contributed by atoms with van der Waals surface area (Å²) in [6.45, 7) is 2.45. The quantitative estimate of drug-likeness (QED) is 0.612. The van der Waals surface area contributed by atoms with E-state index < -0.39 is 0 Å². The number of benzene rings is 2. The molecule has 0 bridgehead atoms. The molecule has 1 aliphatic rings. The normalized spacial score (nSPS) is 13.1. The number of ketones is 1. The summed E-state index contributed by atoms with van der Waals surface area (Å²) >= 11 is 0. The summed E-state index contributed by atoms with van der Waals surface area (Å²) in [5, 5.41) is 0. The molecule has 5 nitrogen and oxygen atoms in total. The highest BCUT2D eigenvalue weighted by Gasteiger charge is 2.33. The van der Waals surface area contributed by atoms with Crippen LogP contribution < -0.4 is 9.47 Å². The van der Waals surface area contributed by atoms with Crippen LogP contribution in [0.2, 0.25) is 0 Å². The molecule has 0 spiro atoms. The summed E-state index contributed by atoms with van der Waals surface area (Å²) in [5.41, 5.74) is 2.68. The zero-order valence-electron chi connectivity index (χ0n) is 16.7. The van der Waals surface area contributed by atoms with E-state index in [2.05, 4.69) is 0 Å². The molecule has 0 atom stereocenters. The van der Waals surface area contributed by atoms with Crippen LogP contribution in [-0.2, 0) is 11.3 Å².